The highest BCUT2D eigenvalue weighted by Gasteiger charge is 2.14. The third kappa shape index (κ3) is 2.89. The summed E-state index contributed by atoms with van der Waals surface area (Å²) in [6.07, 6.45) is 2.83. The molecule has 5 heteroatoms. The van der Waals surface area contributed by atoms with Crippen molar-refractivity contribution in [1.82, 2.24) is 15.5 Å². The molecule has 0 aliphatic carbocycles. The van der Waals surface area contributed by atoms with E-state index in [0.717, 1.165) is 5.56 Å². The molecule has 0 radical (unpaired) electrons. The maximum atomic E-state index is 11.9. The number of aliphatic hydroxyl groups excluding tert-OH is 1. The summed E-state index contributed by atoms with van der Waals surface area (Å²) < 4.78 is 0. The summed E-state index contributed by atoms with van der Waals surface area (Å²) in [5, 5.41) is 19.3. The molecule has 0 fully saturated rings. The van der Waals surface area contributed by atoms with Crippen molar-refractivity contribution < 1.29 is 9.90 Å². The number of aromatic nitrogens is 2. The minimum Gasteiger partial charge on any atom is -0.394 e. The summed E-state index contributed by atoms with van der Waals surface area (Å²) in [5.74, 6) is -0.284. The summed E-state index contributed by atoms with van der Waals surface area (Å²) in [5.41, 5.74) is 1.27. The summed E-state index contributed by atoms with van der Waals surface area (Å²) >= 11 is 0. The van der Waals surface area contributed by atoms with Crippen LogP contribution >= 0.6 is 0 Å². The number of rotatable bonds is 4. The molecule has 0 aliphatic rings. The second kappa shape index (κ2) is 5.88. The Bertz CT molecular complexity index is 502. The summed E-state index contributed by atoms with van der Waals surface area (Å²) in [6, 6.07) is 10.5. The molecule has 0 aliphatic heterocycles. The maximum absolute atomic E-state index is 11.9. The zero-order valence-electron chi connectivity index (χ0n) is 9.65. The van der Waals surface area contributed by atoms with Gasteiger partial charge in [-0.05, 0) is 11.6 Å². The molecule has 2 rings (SSSR count). The van der Waals surface area contributed by atoms with Crippen LogP contribution in [0.4, 0.5) is 0 Å². The molecule has 2 N–H and O–H groups in total. The molecule has 0 saturated carbocycles. The molecule has 5 nitrogen and oxygen atoms in total. The van der Waals surface area contributed by atoms with E-state index in [1.165, 1.54) is 12.4 Å². The standard InChI is InChI=1S/C13H13N3O2/c17-9-12(10-4-2-1-3-5-10)16-13(18)11-6-7-14-15-8-11/h1-8,12,17H,9H2,(H,16,18)/t12-/m0/s1. The molecule has 1 aromatic heterocycles. The summed E-state index contributed by atoms with van der Waals surface area (Å²) in [4.78, 5) is 11.9. The predicted molar refractivity (Wildman–Crippen MR) is 65.8 cm³/mol. The van der Waals surface area contributed by atoms with E-state index >= 15 is 0 Å². The number of carbonyl (C=O) groups is 1. The molecule has 92 valence electrons. The topological polar surface area (TPSA) is 75.1 Å². The molecular weight excluding hydrogens is 230 g/mol. The molecule has 0 saturated heterocycles. The van der Waals surface area contributed by atoms with Crippen LogP contribution in [0, 0.1) is 0 Å². The van der Waals surface area contributed by atoms with E-state index in [2.05, 4.69) is 15.5 Å². The van der Waals surface area contributed by atoms with Crippen molar-refractivity contribution >= 4 is 5.91 Å². The van der Waals surface area contributed by atoms with Gasteiger partial charge in [-0.2, -0.15) is 10.2 Å². The first kappa shape index (κ1) is 12.2. The van der Waals surface area contributed by atoms with Crippen LogP contribution in [0.5, 0.6) is 0 Å². The third-order valence-corrected chi connectivity index (χ3v) is 2.54. The first-order valence-electron chi connectivity index (χ1n) is 5.54. The Morgan fingerprint density at radius 2 is 2.00 bits per heavy atom. The fourth-order valence-corrected chi connectivity index (χ4v) is 1.59. The highest BCUT2D eigenvalue weighted by Crippen LogP contribution is 2.12. The average molecular weight is 243 g/mol. The molecule has 1 atom stereocenters. The monoisotopic (exact) mass is 243 g/mol. The minimum atomic E-state index is -0.424. The van der Waals surface area contributed by atoms with Crippen LogP contribution in [0.3, 0.4) is 0 Å². The molecule has 1 aromatic carbocycles. The number of hydrogen-bond donors (Lipinski definition) is 2. The molecule has 0 unspecified atom stereocenters. The molecule has 1 heterocycles. The first-order valence-corrected chi connectivity index (χ1v) is 5.54. The second-order valence-electron chi connectivity index (χ2n) is 3.75. The van der Waals surface area contributed by atoms with E-state index < -0.39 is 6.04 Å². The van der Waals surface area contributed by atoms with Gasteiger partial charge in [0.15, 0.2) is 0 Å². The largest absolute Gasteiger partial charge is 0.394 e. The molecule has 0 bridgehead atoms. The molecule has 1 amide bonds. The van der Waals surface area contributed by atoms with E-state index in [4.69, 9.17) is 0 Å². The van der Waals surface area contributed by atoms with E-state index in [1.807, 2.05) is 30.3 Å². The van der Waals surface area contributed by atoms with Crippen LogP contribution in [0.15, 0.2) is 48.8 Å². The maximum Gasteiger partial charge on any atom is 0.253 e. The van der Waals surface area contributed by atoms with E-state index in [-0.39, 0.29) is 12.5 Å². The molecule has 2 aromatic rings. The number of nitrogens with zero attached hydrogens (tertiary/aromatic N) is 2. The van der Waals surface area contributed by atoms with Crippen molar-refractivity contribution in [2.75, 3.05) is 6.61 Å². The highest BCUT2D eigenvalue weighted by molar-refractivity contribution is 5.94. The van der Waals surface area contributed by atoms with E-state index in [0.29, 0.717) is 5.56 Å². The minimum absolute atomic E-state index is 0.158. The number of hydrogen-bond acceptors (Lipinski definition) is 4. The fourth-order valence-electron chi connectivity index (χ4n) is 1.59. The van der Waals surface area contributed by atoms with Crippen molar-refractivity contribution in [3.63, 3.8) is 0 Å². The lowest BCUT2D eigenvalue weighted by Crippen LogP contribution is -2.30. The van der Waals surface area contributed by atoms with Gasteiger partial charge in [-0.3, -0.25) is 4.79 Å². The van der Waals surface area contributed by atoms with Crippen molar-refractivity contribution in [1.29, 1.82) is 0 Å². The summed E-state index contributed by atoms with van der Waals surface area (Å²) in [7, 11) is 0. The zero-order chi connectivity index (χ0) is 12.8. The SMILES string of the molecule is O=C(N[C@@H](CO)c1ccccc1)c1ccnnc1. The lowest BCUT2D eigenvalue weighted by Gasteiger charge is -2.16. The fraction of sp³-hybridized carbons (Fsp3) is 0.154. The van der Waals surface area contributed by atoms with Gasteiger partial charge >= 0.3 is 0 Å². The van der Waals surface area contributed by atoms with Gasteiger partial charge in [0.1, 0.15) is 0 Å². The third-order valence-electron chi connectivity index (χ3n) is 2.54. The number of benzene rings is 1. The lowest BCUT2D eigenvalue weighted by molar-refractivity contribution is 0.0915. The van der Waals surface area contributed by atoms with Crippen molar-refractivity contribution in [3.05, 3.63) is 59.9 Å². The number of carbonyl (C=O) groups excluding carboxylic acids is 1. The molecule has 0 spiro atoms. The van der Waals surface area contributed by atoms with Gasteiger partial charge < -0.3 is 10.4 Å². The van der Waals surface area contributed by atoms with E-state index in [1.54, 1.807) is 6.07 Å². The Balaban J connectivity index is 2.10. The van der Waals surface area contributed by atoms with Gasteiger partial charge in [0.05, 0.1) is 30.6 Å². The second-order valence-corrected chi connectivity index (χ2v) is 3.75. The quantitative estimate of drug-likeness (QED) is 0.838. The van der Waals surface area contributed by atoms with Crippen molar-refractivity contribution in [2.45, 2.75) is 6.04 Å². The van der Waals surface area contributed by atoms with Crippen molar-refractivity contribution in [3.8, 4) is 0 Å². The Kier molecular flexibility index (Phi) is 3.98. The van der Waals surface area contributed by atoms with Crippen LogP contribution in [0.1, 0.15) is 22.0 Å². The Labute approximate surface area is 104 Å². The Morgan fingerprint density at radius 1 is 1.22 bits per heavy atom. The van der Waals surface area contributed by atoms with Gasteiger partial charge in [0.25, 0.3) is 5.91 Å². The predicted octanol–water partition coefficient (Wildman–Crippen LogP) is 0.940. The molecular formula is C13H13N3O2. The number of amides is 1. The van der Waals surface area contributed by atoms with Crippen LogP contribution in [0.2, 0.25) is 0 Å². The zero-order valence-corrected chi connectivity index (χ0v) is 9.65. The van der Waals surface area contributed by atoms with Crippen LogP contribution in [-0.2, 0) is 0 Å². The summed E-state index contributed by atoms with van der Waals surface area (Å²) in [6.45, 7) is -0.158. The highest BCUT2D eigenvalue weighted by atomic mass is 16.3. The van der Waals surface area contributed by atoms with Gasteiger partial charge in [-0.15, -0.1) is 0 Å². The number of aliphatic hydroxyl groups is 1. The van der Waals surface area contributed by atoms with Gasteiger partial charge in [-0.25, -0.2) is 0 Å². The smallest absolute Gasteiger partial charge is 0.253 e. The van der Waals surface area contributed by atoms with Crippen molar-refractivity contribution in [2.24, 2.45) is 0 Å². The Morgan fingerprint density at radius 3 is 2.61 bits per heavy atom. The average Bonchev–Trinajstić information content (AvgIpc) is 2.46. The van der Waals surface area contributed by atoms with Gasteiger partial charge in [-0.1, -0.05) is 30.3 Å². The lowest BCUT2D eigenvalue weighted by atomic mass is 10.1. The number of nitrogens with one attached hydrogen (secondary N) is 1. The Hall–Kier alpha value is -2.27. The van der Waals surface area contributed by atoms with Crippen LogP contribution in [-0.4, -0.2) is 27.8 Å². The van der Waals surface area contributed by atoms with Crippen LogP contribution in [0.25, 0.3) is 0 Å². The van der Waals surface area contributed by atoms with Gasteiger partial charge in [0.2, 0.25) is 0 Å². The van der Waals surface area contributed by atoms with E-state index in [9.17, 15) is 9.90 Å². The first-order chi connectivity index (χ1) is 8.81. The normalized spacial score (nSPS) is 11.8. The molecule has 18 heavy (non-hydrogen) atoms. The van der Waals surface area contributed by atoms with Gasteiger partial charge in [0, 0.05) is 0 Å². The van der Waals surface area contributed by atoms with Crippen LogP contribution < -0.4 is 5.32 Å².